The Morgan fingerprint density at radius 3 is 2.45 bits per heavy atom. The van der Waals surface area contributed by atoms with Gasteiger partial charge in [-0.05, 0) is 43.3 Å². The number of nitrogens with one attached hydrogen (secondary N) is 1. The van der Waals surface area contributed by atoms with Gasteiger partial charge in [0.05, 0.1) is 23.1 Å². The summed E-state index contributed by atoms with van der Waals surface area (Å²) in [7, 11) is -4.08. The highest BCUT2D eigenvalue weighted by Gasteiger charge is 2.27. The van der Waals surface area contributed by atoms with Crippen molar-refractivity contribution in [3.63, 3.8) is 0 Å². The maximum absolute atomic E-state index is 14.2. The first-order valence-corrected chi connectivity index (χ1v) is 10.8. The van der Waals surface area contributed by atoms with Crippen LogP contribution in [-0.4, -0.2) is 25.2 Å². The molecule has 0 aliphatic heterocycles. The van der Waals surface area contributed by atoms with Crippen molar-refractivity contribution in [3.8, 4) is 6.07 Å². The Morgan fingerprint density at radius 2 is 1.77 bits per heavy atom. The van der Waals surface area contributed by atoms with Crippen LogP contribution in [0, 0.1) is 24.1 Å². The average Bonchev–Trinajstić information content (AvgIpc) is 2.75. The van der Waals surface area contributed by atoms with E-state index in [0.29, 0.717) is 11.3 Å². The first kappa shape index (κ1) is 22.2. The largest absolute Gasteiger partial charge is 0.325 e. The topological polar surface area (TPSA) is 90.3 Å². The van der Waals surface area contributed by atoms with E-state index in [9.17, 15) is 17.6 Å². The fourth-order valence-electron chi connectivity index (χ4n) is 2.93. The molecule has 3 aromatic rings. The van der Waals surface area contributed by atoms with Crippen LogP contribution in [0.2, 0.25) is 0 Å². The molecule has 1 N–H and O–H groups in total. The summed E-state index contributed by atoms with van der Waals surface area (Å²) >= 11 is 0. The lowest BCUT2D eigenvalue weighted by Crippen LogP contribution is -2.37. The summed E-state index contributed by atoms with van der Waals surface area (Å²) in [4.78, 5) is 12.6. The highest BCUT2D eigenvalue weighted by atomic mass is 32.2. The van der Waals surface area contributed by atoms with Gasteiger partial charge in [-0.2, -0.15) is 9.57 Å². The van der Waals surface area contributed by atoms with Crippen LogP contribution in [0.25, 0.3) is 0 Å². The number of hydrogen-bond donors (Lipinski definition) is 1. The number of anilines is 1. The van der Waals surface area contributed by atoms with Gasteiger partial charge in [0.15, 0.2) is 0 Å². The zero-order chi connectivity index (χ0) is 22.4. The number of halogens is 1. The lowest BCUT2D eigenvalue weighted by molar-refractivity contribution is -0.116. The second-order valence-corrected chi connectivity index (χ2v) is 8.86. The zero-order valence-corrected chi connectivity index (χ0v) is 17.6. The molecule has 0 bridgehead atoms. The van der Waals surface area contributed by atoms with Crippen LogP contribution in [0.15, 0.2) is 77.7 Å². The third kappa shape index (κ3) is 5.54. The van der Waals surface area contributed by atoms with E-state index < -0.39 is 28.3 Å². The summed E-state index contributed by atoms with van der Waals surface area (Å²) in [6.45, 7) is 0.992. The second-order valence-electron chi connectivity index (χ2n) is 6.92. The highest BCUT2D eigenvalue weighted by molar-refractivity contribution is 7.89. The van der Waals surface area contributed by atoms with Crippen LogP contribution in [0.5, 0.6) is 0 Å². The molecule has 1 amide bonds. The number of amides is 1. The van der Waals surface area contributed by atoms with Gasteiger partial charge in [-0.1, -0.05) is 42.0 Å². The lowest BCUT2D eigenvalue weighted by atomic mass is 10.2. The molecular weight excluding hydrogens is 417 g/mol. The van der Waals surface area contributed by atoms with Crippen LogP contribution in [0.1, 0.15) is 16.7 Å². The molecule has 3 rings (SSSR count). The molecule has 0 saturated carbocycles. The van der Waals surface area contributed by atoms with Crippen molar-refractivity contribution < 1.29 is 17.6 Å². The van der Waals surface area contributed by atoms with E-state index in [0.717, 1.165) is 9.87 Å². The van der Waals surface area contributed by atoms with Crippen LogP contribution in [-0.2, 0) is 21.4 Å². The third-order valence-electron chi connectivity index (χ3n) is 4.56. The summed E-state index contributed by atoms with van der Waals surface area (Å²) in [6.07, 6.45) is 0. The second kappa shape index (κ2) is 9.51. The maximum Gasteiger partial charge on any atom is 0.243 e. The van der Waals surface area contributed by atoms with Gasteiger partial charge in [0.2, 0.25) is 15.9 Å². The molecule has 0 aliphatic rings. The number of carbonyl (C=O) groups excluding carboxylic acids is 1. The van der Waals surface area contributed by atoms with E-state index in [1.807, 2.05) is 13.0 Å². The van der Waals surface area contributed by atoms with Crippen LogP contribution in [0.3, 0.4) is 0 Å². The number of hydrogen-bond acceptors (Lipinski definition) is 4. The van der Waals surface area contributed by atoms with E-state index in [4.69, 9.17) is 5.26 Å². The molecule has 0 radical (unpaired) electrons. The van der Waals surface area contributed by atoms with Gasteiger partial charge in [0.25, 0.3) is 0 Å². The van der Waals surface area contributed by atoms with Gasteiger partial charge in [-0.3, -0.25) is 4.79 Å². The lowest BCUT2D eigenvalue weighted by Gasteiger charge is -2.22. The Bertz CT molecular complexity index is 1240. The minimum Gasteiger partial charge on any atom is -0.325 e. The van der Waals surface area contributed by atoms with Crippen LogP contribution in [0.4, 0.5) is 10.1 Å². The summed E-state index contributed by atoms with van der Waals surface area (Å²) in [5.74, 6) is -1.17. The molecule has 0 aliphatic carbocycles. The predicted molar refractivity (Wildman–Crippen MR) is 115 cm³/mol. The van der Waals surface area contributed by atoms with Crippen molar-refractivity contribution in [1.82, 2.24) is 4.31 Å². The van der Waals surface area contributed by atoms with E-state index in [-0.39, 0.29) is 17.0 Å². The monoisotopic (exact) mass is 437 g/mol. The van der Waals surface area contributed by atoms with Gasteiger partial charge >= 0.3 is 0 Å². The summed E-state index contributed by atoms with van der Waals surface area (Å²) in [6, 6.07) is 20.3. The molecule has 0 heterocycles. The molecule has 0 spiro atoms. The molecule has 0 saturated heterocycles. The number of sulfonamides is 1. The molecule has 0 unspecified atom stereocenters. The molecule has 158 valence electrons. The smallest absolute Gasteiger partial charge is 0.243 e. The molecular formula is C23H20FN3O3S. The normalized spacial score (nSPS) is 11.2. The Morgan fingerprint density at radius 1 is 1.06 bits per heavy atom. The van der Waals surface area contributed by atoms with Crippen molar-refractivity contribution in [1.29, 1.82) is 5.26 Å². The molecule has 0 fully saturated rings. The van der Waals surface area contributed by atoms with Crippen molar-refractivity contribution >= 4 is 21.6 Å². The Hall–Kier alpha value is -3.54. The first-order chi connectivity index (χ1) is 14.8. The van der Waals surface area contributed by atoms with Crippen molar-refractivity contribution in [2.45, 2.75) is 18.4 Å². The minimum atomic E-state index is -4.08. The average molecular weight is 437 g/mol. The molecule has 3 aromatic carbocycles. The number of aryl methyl sites for hydroxylation is 1. The first-order valence-electron chi connectivity index (χ1n) is 9.40. The Kier molecular flexibility index (Phi) is 6.80. The summed E-state index contributed by atoms with van der Waals surface area (Å²) in [5, 5.41) is 11.6. The van der Waals surface area contributed by atoms with Crippen molar-refractivity contribution in [2.75, 3.05) is 11.9 Å². The Balaban J connectivity index is 1.89. The molecule has 0 atom stereocenters. The number of rotatable bonds is 7. The van der Waals surface area contributed by atoms with Gasteiger partial charge in [-0.25, -0.2) is 12.8 Å². The number of nitrogens with zero attached hydrogens (tertiary/aromatic N) is 2. The van der Waals surface area contributed by atoms with E-state index in [1.165, 1.54) is 36.4 Å². The Labute approximate surface area is 180 Å². The third-order valence-corrected chi connectivity index (χ3v) is 6.36. The molecule has 6 nitrogen and oxygen atoms in total. The van der Waals surface area contributed by atoms with Crippen LogP contribution >= 0.6 is 0 Å². The minimum absolute atomic E-state index is 0.00807. The van der Waals surface area contributed by atoms with E-state index in [2.05, 4.69) is 5.32 Å². The van der Waals surface area contributed by atoms with E-state index in [1.54, 1.807) is 36.4 Å². The number of carbonyl (C=O) groups is 1. The highest BCUT2D eigenvalue weighted by Crippen LogP contribution is 2.20. The van der Waals surface area contributed by atoms with Crippen molar-refractivity contribution in [3.05, 3.63) is 95.3 Å². The summed E-state index contributed by atoms with van der Waals surface area (Å²) in [5.41, 5.74) is 1.75. The van der Waals surface area contributed by atoms with Gasteiger partial charge in [0, 0.05) is 17.8 Å². The maximum atomic E-state index is 14.2. The fourth-order valence-corrected chi connectivity index (χ4v) is 4.30. The molecule has 8 heteroatoms. The summed E-state index contributed by atoms with van der Waals surface area (Å²) < 4.78 is 41.6. The quantitative estimate of drug-likeness (QED) is 0.608. The molecule has 0 aromatic heterocycles. The van der Waals surface area contributed by atoms with Gasteiger partial charge < -0.3 is 5.32 Å². The number of benzene rings is 3. The van der Waals surface area contributed by atoms with Gasteiger partial charge in [-0.15, -0.1) is 0 Å². The predicted octanol–water partition coefficient (Wildman–Crippen LogP) is 3.84. The standard InChI is InChI=1S/C23H20FN3O3S/c1-17-9-11-21(12-10-17)31(29,30)27(15-19-6-2-3-8-22(19)24)16-23(28)26-20-7-4-5-18(13-20)14-25/h2-13H,15-16H2,1H3,(H,26,28). The molecule has 31 heavy (non-hydrogen) atoms. The van der Waals surface area contributed by atoms with Gasteiger partial charge in [0.1, 0.15) is 5.82 Å². The zero-order valence-electron chi connectivity index (χ0n) is 16.7. The number of nitriles is 1. The van der Waals surface area contributed by atoms with Crippen LogP contribution < -0.4 is 5.32 Å². The fraction of sp³-hybridized carbons (Fsp3) is 0.130. The van der Waals surface area contributed by atoms with Crippen molar-refractivity contribution in [2.24, 2.45) is 0 Å². The SMILES string of the molecule is Cc1ccc(S(=O)(=O)N(CC(=O)Nc2cccc(C#N)c2)Cc2ccccc2F)cc1. The van der Waals surface area contributed by atoms with E-state index >= 15 is 0 Å².